The molecular weight excluding hydrogens is 266 g/mol. The van der Waals surface area contributed by atoms with Crippen LogP contribution in [-0.4, -0.2) is 34.0 Å². The van der Waals surface area contributed by atoms with Crippen molar-refractivity contribution in [3.63, 3.8) is 0 Å². The van der Waals surface area contributed by atoms with Crippen molar-refractivity contribution in [3.8, 4) is 5.75 Å². The lowest BCUT2D eigenvalue weighted by molar-refractivity contribution is 0.127. The zero-order chi connectivity index (χ0) is 13.9. The smallest absolute Gasteiger partial charge is 0.156 e. The number of nitrogen functional groups attached to an aromatic ring is 1. The van der Waals surface area contributed by atoms with Gasteiger partial charge in [-0.1, -0.05) is 6.07 Å². The van der Waals surface area contributed by atoms with Gasteiger partial charge in [0.2, 0.25) is 0 Å². The monoisotopic (exact) mass is 285 g/mol. The van der Waals surface area contributed by atoms with Crippen molar-refractivity contribution >= 4 is 15.5 Å². The minimum atomic E-state index is -3.18. The predicted octanol–water partition coefficient (Wildman–Crippen LogP) is 1.37. The molecule has 1 saturated heterocycles. The molecule has 106 valence electrons. The van der Waals surface area contributed by atoms with E-state index in [1.807, 2.05) is 0 Å². The van der Waals surface area contributed by atoms with E-state index >= 15 is 0 Å². The molecule has 1 aliphatic heterocycles. The van der Waals surface area contributed by atoms with Gasteiger partial charge in [0, 0.05) is 6.61 Å². The van der Waals surface area contributed by atoms with E-state index in [0.717, 1.165) is 12.8 Å². The average Bonchev–Trinajstić information content (AvgIpc) is 2.80. The molecule has 0 radical (unpaired) electrons. The number of sulfone groups is 1. The van der Waals surface area contributed by atoms with Crippen LogP contribution >= 0.6 is 0 Å². The average molecular weight is 285 g/mol. The van der Waals surface area contributed by atoms with Gasteiger partial charge in [-0.25, -0.2) is 8.42 Å². The summed E-state index contributed by atoms with van der Waals surface area (Å²) in [5, 5.41) is 0. The molecule has 1 unspecified atom stereocenters. The Morgan fingerprint density at radius 2 is 2.26 bits per heavy atom. The molecule has 0 aliphatic carbocycles. The number of hydrogen-bond acceptors (Lipinski definition) is 5. The molecular formula is C13H19NO4S. The van der Waals surface area contributed by atoms with Crippen molar-refractivity contribution < 1.29 is 17.9 Å². The summed E-state index contributed by atoms with van der Waals surface area (Å²) in [6.07, 6.45) is 1.61. The summed E-state index contributed by atoms with van der Waals surface area (Å²) >= 11 is 0. The first-order valence-corrected chi connectivity index (χ1v) is 8.07. The first kappa shape index (κ1) is 14.1. The van der Waals surface area contributed by atoms with E-state index in [1.165, 1.54) is 7.11 Å². The second-order valence-corrected chi connectivity index (χ2v) is 6.88. The summed E-state index contributed by atoms with van der Waals surface area (Å²) in [5.41, 5.74) is 6.90. The van der Waals surface area contributed by atoms with Crippen molar-refractivity contribution in [3.05, 3.63) is 23.8 Å². The molecule has 1 aromatic rings. The summed E-state index contributed by atoms with van der Waals surface area (Å²) in [5.74, 6) is 0.625. The fourth-order valence-electron chi connectivity index (χ4n) is 2.25. The van der Waals surface area contributed by atoms with Gasteiger partial charge in [0.05, 0.1) is 30.4 Å². The molecule has 0 spiro atoms. The lowest BCUT2D eigenvalue weighted by Crippen LogP contribution is -2.21. The highest BCUT2D eigenvalue weighted by molar-refractivity contribution is 7.90. The third-order valence-corrected chi connectivity index (χ3v) is 4.80. The van der Waals surface area contributed by atoms with Crippen LogP contribution in [-0.2, 0) is 20.3 Å². The van der Waals surface area contributed by atoms with E-state index < -0.39 is 9.84 Å². The Balaban J connectivity index is 2.04. The highest BCUT2D eigenvalue weighted by atomic mass is 32.2. The largest absolute Gasteiger partial charge is 0.495 e. The van der Waals surface area contributed by atoms with Gasteiger partial charge in [-0.05, 0) is 30.5 Å². The highest BCUT2D eigenvalue weighted by Gasteiger charge is 2.23. The Hall–Kier alpha value is -1.27. The number of hydrogen-bond donors (Lipinski definition) is 1. The summed E-state index contributed by atoms with van der Waals surface area (Å²) in [6, 6.07) is 5.06. The van der Waals surface area contributed by atoms with Gasteiger partial charge >= 0.3 is 0 Å². The van der Waals surface area contributed by atoms with E-state index in [4.69, 9.17) is 15.2 Å². The van der Waals surface area contributed by atoms with Crippen molar-refractivity contribution in [1.29, 1.82) is 0 Å². The van der Waals surface area contributed by atoms with Gasteiger partial charge in [0.1, 0.15) is 5.75 Å². The normalized spacial score (nSPS) is 19.5. The number of anilines is 1. The highest BCUT2D eigenvalue weighted by Crippen LogP contribution is 2.23. The van der Waals surface area contributed by atoms with E-state index in [-0.39, 0.29) is 17.6 Å². The van der Waals surface area contributed by atoms with E-state index in [0.29, 0.717) is 23.6 Å². The minimum absolute atomic E-state index is 0.0128. The zero-order valence-corrected chi connectivity index (χ0v) is 11.8. The predicted molar refractivity (Wildman–Crippen MR) is 73.9 cm³/mol. The molecule has 1 heterocycles. The molecule has 1 fully saturated rings. The maximum absolute atomic E-state index is 12.1. The third-order valence-electron chi connectivity index (χ3n) is 3.14. The molecule has 5 nitrogen and oxygen atoms in total. The van der Waals surface area contributed by atoms with Gasteiger partial charge in [-0.2, -0.15) is 0 Å². The summed E-state index contributed by atoms with van der Waals surface area (Å²) < 4.78 is 34.5. The van der Waals surface area contributed by atoms with Crippen molar-refractivity contribution in [2.75, 3.05) is 25.2 Å². The van der Waals surface area contributed by atoms with Gasteiger partial charge < -0.3 is 15.2 Å². The molecule has 1 atom stereocenters. The molecule has 0 amide bonds. The SMILES string of the molecule is COc1ccc(CS(=O)(=O)CC2CCCO2)cc1N. The quantitative estimate of drug-likeness (QED) is 0.827. The van der Waals surface area contributed by atoms with Crippen LogP contribution in [0.25, 0.3) is 0 Å². The molecule has 2 rings (SSSR count). The van der Waals surface area contributed by atoms with Crippen molar-refractivity contribution in [1.82, 2.24) is 0 Å². The van der Waals surface area contributed by atoms with Crippen LogP contribution in [0.2, 0.25) is 0 Å². The number of nitrogens with two attached hydrogens (primary N) is 1. The van der Waals surface area contributed by atoms with Crippen LogP contribution in [0, 0.1) is 0 Å². The lowest BCUT2D eigenvalue weighted by atomic mass is 10.2. The molecule has 19 heavy (non-hydrogen) atoms. The second kappa shape index (κ2) is 5.79. The molecule has 6 heteroatoms. The fraction of sp³-hybridized carbons (Fsp3) is 0.538. The standard InChI is InChI=1S/C13H19NO4S/c1-17-13-5-4-10(7-12(13)14)8-19(15,16)9-11-3-2-6-18-11/h4-5,7,11H,2-3,6,8-9,14H2,1H3. The van der Waals surface area contributed by atoms with Crippen molar-refractivity contribution in [2.24, 2.45) is 0 Å². The molecule has 0 bridgehead atoms. The van der Waals surface area contributed by atoms with Gasteiger partial charge in [-0.15, -0.1) is 0 Å². The molecule has 2 N–H and O–H groups in total. The number of rotatable bonds is 5. The maximum atomic E-state index is 12.1. The first-order chi connectivity index (χ1) is 9.00. The zero-order valence-electron chi connectivity index (χ0n) is 11.0. The Labute approximate surface area is 113 Å². The van der Waals surface area contributed by atoms with Crippen LogP contribution in [0.4, 0.5) is 5.69 Å². The van der Waals surface area contributed by atoms with Crippen LogP contribution in [0.3, 0.4) is 0 Å². The van der Waals surface area contributed by atoms with Gasteiger partial charge in [0.25, 0.3) is 0 Å². The molecule has 0 saturated carbocycles. The van der Waals surface area contributed by atoms with Gasteiger partial charge in [-0.3, -0.25) is 0 Å². The maximum Gasteiger partial charge on any atom is 0.156 e. The second-order valence-electron chi connectivity index (χ2n) is 4.77. The Morgan fingerprint density at radius 1 is 1.47 bits per heavy atom. The van der Waals surface area contributed by atoms with Crippen LogP contribution in [0.1, 0.15) is 18.4 Å². The van der Waals surface area contributed by atoms with Crippen LogP contribution < -0.4 is 10.5 Å². The number of benzene rings is 1. The topological polar surface area (TPSA) is 78.6 Å². The summed E-state index contributed by atoms with van der Waals surface area (Å²) in [6.45, 7) is 0.662. The molecule has 1 aromatic carbocycles. The van der Waals surface area contributed by atoms with Crippen LogP contribution in [0.5, 0.6) is 5.75 Å². The lowest BCUT2D eigenvalue weighted by Gasteiger charge is -2.11. The van der Waals surface area contributed by atoms with E-state index in [2.05, 4.69) is 0 Å². The summed E-state index contributed by atoms with van der Waals surface area (Å²) in [7, 11) is -1.65. The first-order valence-electron chi connectivity index (χ1n) is 6.24. The van der Waals surface area contributed by atoms with Crippen LogP contribution in [0.15, 0.2) is 18.2 Å². The van der Waals surface area contributed by atoms with E-state index in [1.54, 1.807) is 18.2 Å². The number of methoxy groups -OCH3 is 1. The molecule has 1 aliphatic rings. The Morgan fingerprint density at radius 3 is 2.84 bits per heavy atom. The molecule has 0 aromatic heterocycles. The summed E-state index contributed by atoms with van der Waals surface area (Å²) in [4.78, 5) is 0. The third kappa shape index (κ3) is 3.84. The Kier molecular flexibility index (Phi) is 4.31. The minimum Gasteiger partial charge on any atom is -0.495 e. The van der Waals surface area contributed by atoms with Crippen molar-refractivity contribution in [2.45, 2.75) is 24.7 Å². The van der Waals surface area contributed by atoms with Gasteiger partial charge in [0.15, 0.2) is 9.84 Å². The number of ether oxygens (including phenoxy) is 2. The Bertz CT molecular complexity index is 536. The fourth-order valence-corrected chi connectivity index (χ4v) is 3.88. The van der Waals surface area contributed by atoms with E-state index in [9.17, 15) is 8.42 Å².